The molecule has 35 heavy (non-hydrogen) atoms. The molecule has 5 nitrogen and oxygen atoms in total. The highest BCUT2D eigenvalue weighted by atomic mass is 79.9. The van der Waals surface area contributed by atoms with Gasteiger partial charge in [0.05, 0.1) is 17.6 Å². The first-order chi connectivity index (χ1) is 17.2. The minimum absolute atomic E-state index is 0.0854. The number of fused-ring (bicyclic) bond motifs is 2. The van der Waals surface area contributed by atoms with E-state index in [1.165, 1.54) is 10.8 Å². The molecule has 0 bridgehead atoms. The zero-order valence-electron chi connectivity index (χ0n) is 19.3. The maximum Gasteiger partial charge on any atom is 0.251 e. The number of nitrogens with zero attached hydrogens (tertiary/aromatic N) is 2. The van der Waals surface area contributed by atoms with E-state index in [9.17, 15) is 4.79 Å². The van der Waals surface area contributed by atoms with Crippen LogP contribution in [0.2, 0.25) is 0 Å². The van der Waals surface area contributed by atoms with Crippen LogP contribution < -0.4 is 10.1 Å². The van der Waals surface area contributed by atoms with E-state index in [4.69, 9.17) is 9.72 Å². The van der Waals surface area contributed by atoms with Gasteiger partial charge in [-0.05, 0) is 59.7 Å². The number of ether oxygens (including phenoxy) is 1. The van der Waals surface area contributed by atoms with Crippen molar-refractivity contribution in [1.82, 2.24) is 14.9 Å². The number of carbonyl (C=O) groups is 1. The summed E-state index contributed by atoms with van der Waals surface area (Å²) in [6, 6.07) is 30.0. The first-order valence-corrected chi connectivity index (χ1v) is 12.6. The van der Waals surface area contributed by atoms with Crippen LogP contribution in [0.25, 0.3) is 21.8 Å². The first-order valence-electron chi connectivity index (χ1n) is 11.8. The molecule has 0 radical (unpaired) electrons. The van der Waals surface area contributed by atoms with Gasteiger partial charge in [0.2, 0.25) is 0 Å². The molecule has 0 fully saturated rings. The van der Waals surface area contributed by atoms with Crippen molar-refractivity contribution >= 4 is 43.6 Å². The van der Waals surface area contributed by atoms with Crippen LogP contribution in [0.5, 0.6) is 5.75 Å². The molecule has 176 valence electrons. The molecule has 5 rings (SSSR count). The third-order valence-corrected chi connectivity index (χ3v) is 6.46. The van der Waals surface area contributed by atoms with E-state index >= 15 is 0 Å². The third kappa shape index (κ3) is 5.54. The molecule has 1 amide bonds. The summed E-state index contributed by atoms with van der Waals surface area (Å²) in [5.74, 6) is 1.76. The van der Waals surface area contributed by atoms with Gasteiger partial charge in [-0.15, -0.1) is 0 Å². The Morgan fingerprint density at radius 3 is 2.63 bits per heavy atom. The fraction of sp³-hybridized carbons (Fsp3) is 0.172. The van der Waals surface area contributed by atoms with E-state index in [-0.39, 0.29) is 5.91 Å². The number of aromatic nitrogens is 2. The Morgan fingerprint density at radius 1 is 0.914 bits per heavy atom. The fourth-order valence-electron chi connectivity index (χ4n) is 4.26. The Kier molecular flexibility index (Phi) is 7.09. The Bertz CT molecular complexity index is 1480. The smallest absolute Gasteiger partial charge is 0.251 e. The Balaban J connectivity index is 1.21. The van der Waals surface area contributed by atoms with Crippen LogP contribution in [0.1, 0.15) is 22.6 Å². The normalized spacial score (nSPS) is 11.1. The lowest BCUT2D eigenvalue weighted by molar-refractivity contribution is 0.0954. The van der Waals surface area contributed by atoms with Crippen LogP contribution in [-0.4, -0.2) is 28.6 Å². The lowest BCUT2D eigenvalue weighted by atomic mass is 10.1. The van der Waals surface area contributed by atoms with Crippen molar-refractivity contribution in [2.75, 3.05) is 13.2 Å². The lowest BCUT2D eigenvalue weighted by Crippen LogP contribution is -2.26. The second-order valence-corrected chi connectivity index (χ2v) is 9.31. The molecule has 0 aliphatic heterocycles. The van der Waals surface area contributed by atoms with E-state index in [1.54, 1.807) is 0 Å². The number of carbonyl (C=O) groups excluding carboxylic acids is 1. The highest BCUT2D eigenvalue weighted by Crippen LogP contribution is 2.21. The second kappa shape index (κ2) is 10.7. The van der Waals surface area contributed by atoms with Crippen molar-refractivity contribution < 1.29 is 9.53 Å². The lowest BCUT2D eigenvalue weighted by Gasteiger charge is -2.11. The third-order valence-electron chi connectivity index (χ3n) is 5.97. The summed E-state index contributed by atoms with van der Waals surface area (Å²) in [5, 5.41) is 5.40. The van der Waals surface area contributed by atoms with Gasteiger partial charge in [0.15, 0.2) is 0 Å². The van der Waals surface area contributed by atoms with Crippen molar-refractivity contribution in [2.24, 2.45) is 0 Å². The van der Waals surface area contributed by atoms with Gasteiger partial charge in [-0.3, -0.25) is 4.79 Å². The molecule has 1 heterocycles. The molecule has 0 saturated carbocycles. The van der Waals surface area contributed by atoms with E-state index in [1.807, 2.05) is 60.7 Å². The number of para-hydroxylation sites is 2. The van der Waals surface area contributed by atoms with Crippen molar-refractivity contribution in [3.05, 3.63) is 107 Å². The van der Waals surface area contributed by atoms with Gasteiger partial charge in [-0.1, -0.05) is 64.5 Å². The van der Waals surface area contributed by atoms with E-state index in [0.29, 0.717) is 25.1 Å². The molecule has 0 aliphatic carbocycles. The van der Waals surface area contributed by atoms with Gasteiger partial charge in [0, 0.05) is 29.5 Å². The molecule has 4 aromatic carbocycles. The minimum Gasteiger partial charge on any atom is -0.494 e. The van der Waals surface area contributed by atoms with Crippen LogP contribution in [0, 0.1) is 0 Å². The maximum absolute atomic E-state index is 12.5. The summed E-state index contributed by atoms with van der Waals surface area (Å²) in [4.78, 5) is 17.3. The van der Waals surface area contributed by atoms with Gasteiger partial charge >= 0.3 is 0 Å². The second-order valence-electron chi connectivity index (χ2n) is 8.40. The summed E-state index contributed by atoms with van der Waals surface area (Å²) in [6.07, 6.45) is 1.50. The Labute approximate surface area is 212 Å². The van der Waals surface area contributed by atoms with Crippen molar-refractivity contribution in [1.29, 1.82) is 0 Å². The van der Waals surface area contributed by atoms with Gasteiger partial charge in [0.25, 0.3) is 5.91 Å². The van der Waals surface area contributed by atoms with Gasteiger partial charge in [-0.25, -0.2) is 4.98 Å². The monoisotopic (exact) mass is 527 g/mol. The van der Waals surface area contributed by atoms with Crippen molar-refractivity contribution in [3.8, 4) is 5.75 Å². The van der Waals surface area contributed by atoms with Crippen LogP contribution in [0.4, 0.5) is 0 Å². The van der Waals surface area contributed by atoms with Crippen LogP contribution >= 0.6 is 15.9 Å². The molecule has 0 saturated heterocycles. The van der Waals surface area contributed by atoms with Crippen LogP contribution in [0.15, 0.2) is 95.5 Å². The average Bonchev–Trinajstić information content (AvgIpc) is 3.23. The summed E-state index contributed by atoms with van der Waals surface area (Å²) in [7, 11) is 0. The zero-order chi connectivity index (χ0) is 24.0. The van der Waals surface area contributed by atoms with Gasteiger partial charge < -0.3 is 14.6 Å². The van der Waals surface area contributed by atoms with Crippen molar-refractivity contribution in [2.45, 2.75) is 19.4 Å². The number of imidazole rings is 1. The molecule has 0 aliphatic rings. The quantitative estimate of drug-likeness (QED) is 0.226. The molecule has 5 aromatic rings. The fourth-order valence-corrected chi connectivity index (χ4v) is 4.65. The van der Waals surface area contributed by atoms with E-state index < -0.39 is 0 Å². The number of benzene rings is 4. The number of amides is 1. The van der Waals surface area contributed by atoms with E-state index in [0.717, 1.165) is 40.0 Å². The Hall–Kier alpha value is -3.64. The molecular formula is C29H26BrN3O2. The minimum atomic E-state index is -0.0854. The first kappa shape index (κ1) is 23.1. The number of halogens is 1. The molecule has 0 unspecified atom stereocenters. The van der Waals surface area contributed by atoms with E-state index in [2.05, 4.69) is 56.1 Å². The standard InChI is InChI=1S/C29H26BrN3O2/c30-24-10-5-9-23(19-24)29(34)31-16-15-28-32-26-11-3-4-12-27(26)33(28)17-6-18-35-25-14-13-21-7-1-2-8-22(21)20-25/h1-5,7-14,19-20H,6,15-18H2,(H,31,34). The summed E-state index contributed by atoms with van der Waals surface area (Å²) in [6.45, 7) is 1.93. The molecule has 1 aromatic heterocycles. The summed E-state index contributed by atoms with van der Waals surface area (Å²) < 4.78 is 9.17. The largest absolute Gasteiger partial charge is 0.494 e. The zero-order valence-corrected chi connectivity index (χ0v) is 20.9. The summed E-state index contributed by atoms with van der Waals surface area (Å²) >= 11 is 3.42. The highest BCUT2D eigenvalue weighted by Gasteiger charge is 2.12. The molecule has 0 atom stereocenters. The van der Waals surface area contributed by atoms with Crippen LogP contribution in [-0.2, 0) is 13.0 Å². The molecular weight excluding hydrogens is 502 g/mol. The average molecular weight is 528 g/mol. The number of nitrogens with one attached hydrogen (secondary N) is 1. The SMILES string of the molecule is O=C(NCCc1nc2ccccc2n1CCCOc1ccc2ccccc2c1)c1cccc(Br)c1. The van der Waals surface area contributed by atoms with Crippen molar-refractivity contribution in [3.63, 3.8) is 0 Å². The molecule has 6 heteroatoms. The number of hydrogen-bond acceptors (Lipinski definition) is 3. The summed E-state index contributed by atoms with van der Waals surface area (Å²) in [5.41, 5.74) is 2.71. The predicted molar refractivity (Wildman–Crippen MR) is 144 cm³/mol. The molecule has 0 spiro atoms. The molecule has 1 N–H and O–H groups in total. The number of rotatable bonds is 9. The van der Waals surface area contributed by atoms with Gasteiger partial charge in [0.1, 0.15) is 11.6 Å². The Morgan fingerprint density at radius 2 is 1.74 bits per heavy atom. The predicted octanol–water partition coefficient (Wildman–Crippen LogP) is 6.39. The number of hydrogen-bond donors (Lipinski definition) is 1. The van der Waals surface area contributed by atoms with Crippen LogP contribution in [0.3, 0.4) is 0 Å². The highest BCUT2D eigenvalue weighted by molar-refractivity contribution is 9.10. The topological polar surface area (TPSA) is 56.2 Å². The maximum atomic E-state index is 12.5. The van der Waals surface area contributed by atoms with Gasteiger partial charge in [-0.2, -0.15) is 0 Å². The number of aryl methyl sites for hydroxylation is 1.